The third-order valence-electron chi connectivity index (χ3n) is 3.52. The zero-order valence-corrected chi connectivity index (χ0v) is 12.5. The van der Waals surface area contributed by atoms with Crippen LogP contribution in [0.1, 0.15) is 0 Å². The zero-order valence-electron chi connectivity index (χ0n) is 12.5. The van der Waals surface area contributed by atoms with E-state index in [1.807, 2.05) is 43.3 Å². The van der Waals surface area contributed by atoms with E-state index in [9.17, 15) is 4.39 Å². The molecule has 0 aliphatic carbocycles. The van der Waals surface area contributed by atoms with E-state index in [0.717, 1.165) is 16.8 Å². The van der Waals surface area contributed by atoms with Crippen LogP contribution < -0.4 is 16.0 Å². The number of fused-ring (bicyclic) bond motifs is 1. The van der Waals surface area contributed by atoms with Gasteiger partial charge in [0, 0.05) is 48.1 Å². The maximum absolute atomic E-state index is 13.6. The van der Waals surface area contributed by atoms with Gasteiger partial charge in [0.05, 0.1) is 0 Å². The minimum atomic E-state index is -0.371. The van der Waals surface area contributed by atoms with Crippen molar-refractivity contribution in [3.63, 3.8) is 0 Å². The number of nitrogens with two attached hydrogens (primary N) is 1. The van der Waals surface area contributed by atoms with E-state index in [2.05, 4.69) is 10.3 Å². The van der Waals surface area contributed by atoms with Gasteiger partial charge in [-0.05, 0) is 42.5 Å². The summed E-state index contributed by atoms with van der Waals surface area (Å²) in [6, 6.07) is 12.5. The second-order valence-electron chi connectivity index (χ2n) is 5.32. The molecule has 0 aliphatic rings. The lowest BCUT2D eigenvalue weighted by molar-refractivity contribution is 0.630. The highest BCUT2D eigenvalue weighted by atomic mass is 19.1. The number of hydrogen-bond donors (Lipinski definition) is 2. The number of pyridine rings is 1. The number of halogens is 1. The first kappa shape index (κ1) is 14.1. The summed E-state index contributed by atoms with van der Waals surface area (Å²) in [4.78, 5) is 6.32. The summed E-state index contributed by atoms with van der Waals surface area (Å²) >= 11 is 0. The van der Waals surface area contributed by atoms with Crippen molar-refractivity contribution in [1.82, 2.24) is 4.98 Å². The average Bonchev–Trinajstić information content (AvgIpc) is 2.48. The van der Waals surface area contributed by atoms with Gasteiger partial charge in [0.15, 0.2) is 0 Å². The first-order valence-corrected chi connectivity index (χ1v) is 6.93. The normalized spacial score (nSPS) is 10.7. The SMILES string of the molecule is CN(C)c1ccc(Nc2nccc3c(N)cc(F)cc23)cc1. The van der Waals surface area contributed by atoms with Gasteiger partial charge < -0.3 is 16.0 Å². The van der Waals surface area contributed by atoms with E-state index in [1.165, 1.54) is 12.1 Å². The Morgan fingerprint density at radius 1 is 1.05 bits per heavy atom. The predicted molar refractivity (Wildman–Crippen MR) is 90.2 cm³/mol. The molecule has 0 saturated carbocycles. The molecule has 3 N–H and O–H groups in total. The molecule has 0 bridgehead atoms. The molecule has 0 atom stereocenters. The molecule has 112 valence electrons. The van der Waals surface area contributed by atoms with Crippen LogP contribution in [0.3, 0.4) is 0 Å². The molecule has 22 heavy (non-hydrogen) atoms. The summed E-state index contributed by atoms with van der Waals surface area (Å²) in [7, 11) is 3.97. The van der Waals surface area contributed by atoms with E-state index < -0.39 is 0 Å². The summed E-state index contributed by atoms with van der Waals surface area (Å²) in [5.41, 5.74) is 8.26. The van der Waals surface area contributed by atoms with Crippen molar-refractivity contribution >= 4 is 33.7 Å². The Hall–Kier alpha value is -2.82. The summed E-state index contributed by atoms with van der Waals surface area (Å²) < 4.78 is 13.6. The number of hydrogen-bond acceptors (Lipinski definition) is 4. The second-order valence-corrected chi connectivity index (χ2v) is 5.32. The maximum atomic E-state index is 13.6. The standard InChI is InChI=1S/C17H17FN4/c1-22(2)13-5-3-12(4-6-13)21-17-15-9-11(18)10-16(19)14(15)7-8-20-17/h3-10H,19H2,1-2H3,(H,20,21). The highest BCUT2D eigenvalue weighted by molar-refractivity contribution is 6.00. The van der Waals surface area contributed by atoms with Gasteiger partial charge in [-0.15, -0.1) is 0 Å². The van der Waals surface area contributed by atoms with Gasteiger partial charge in [-0.3, -0.25) is 0 Å². The fourth-order valence-electron chi connectivity index (χ4n) is 2.36. The summed E-state index contributed by atoms with van der Waals surface area (Å²) in [6.07, 6.45) is 1.66. The Kier molecular flexibility index (Phi) is 3.55. The van der Waals surface area contributed by atoms with Gasteiger partial charge in [-0.25, -0.2) is 9.37 Å². The van der Waals surface area contributed by atoms with Crippen molar-refractivity contribution in [2.45, 2.75) is 0 Å². The van der Waals surface area contributed by atoms with Crippen LogP contribution >= 0.6 is 0 Å². The molecule has 0 spiro atoms. The van der Waals surface area contributed by atoms with Crippen molar-refractivity contribution in [2.75, 3.05) is 30.0 Å². The van der Waals surface area contributed by atoms with Crippen LogP contribution in [0.2, 0.25) is 0 Å². The molecule has 0 saturated heterocycles. The molecule has 0 aliphatic heterocycles. The van der Waals surface area contributed by atoms with Crippen LogP contribution in [0, 0.1) is 5.82 Å². The number of rotatable bonds is 3. The zero-order chi connectivity index (χ0) is 15.7. The van der Waals surface area contributed by atoms with Crippen molar-refractivity contribution in [1.29, 1.82) is 0 Å². The van der Waals surface area contributed by atoms with Gasteiger partial charge in [-0.2, -0.15) is 0 Å². The van der Waals surface area contributed by atoms with Gasteiger partial charge >= 0.3 is 0 Å². The number of benzene rings is 2. The Morgan fingerprint density at radius 3 is 2.45 bits per heavy atom. The third-order valence-corrected chi connectivity index (χ3v) is 3.52. The molecule has 0 amide bonds. The molecule has 4 nitrogen and oxygen atoms in total. The largest absolute Gasteiger partial charge is 0.398 e. The summed E-state index contributed by atoms with van der Waals surface area (Å²) in [5, 5.41) is 4.66. The van der Waals surface area contributed by atoms with Crippen molar-refractivity contribution < 1.29 is 4.39 Å². The van der Waals surface area contributed by atoms with Crippen molar-refractivity contribution in [3.05, 3.63) is 54.5 Å². The predicted octanol–water partition coefficient (Wildman–Crippen LogP) is 3.77. The highest BCUT2D eigenvalue weighted by Gasteiger charge is 2.07. The van der Waals surface area contributed by atoms with E-state index in [0.29, 0.717) is 16.9 Å². The molecule has 0 fully saturated rings. The average molecular weight is 296 g/mol. The minimum Gasteiger partial charge on any atom is -0.398 e. The van der Waals surface area contributed by atoms with Crippen molar-refractivity contribution in [2.24, 2.45) is 0 Å². The van der Waals surface area contributed by atoms with Crippen LogP contribution in [-0.4, -0.2) is 19.1 Å². The first-order valence-electron chi connectivity index (χ1n) is 6.93. The number of nitrogen functional groups attached to an aromatic ring is 1. The smallest absolute Gasteiger partial charge is 0.138 e. The number of aromatic nitrogens is 1. The van der Waals surface area contributed by atoms with E-state index >= 15 is 0 Å². The molecule has 3 aromatic rings. The van der Waals surface area contributed by atoms with Crippen molar-refractivity contribution in [3.8, 4) is 0 Å². The number of nitrogens with one attached hydrogen (secondary N) is 1. The van der Waals surface area contributed by atoms with E-state index in [4.69, 9.17) is 5.73 Å². The molecule has 1 aromatic heterocycles. The molecular formula is C17H17FN4. The van der Waals surface area contributed by atoms with Crippen LogP contribution in [-0.2, 0) is 0 Å². The van der Waals surface area contributed by atoms with Crippen LogP contribution in [0.4, 0.5) is 27.3 Å². The first-order chi connectivity index (χ1) is 10.5. The monoisotopic (exact) mass is 296 g/mol. The molecule has 0 radical (unpaired) electrons. The maximum Gasteiger partial charge on any atom is 0.138 e. The van der Waals surface area contributed by atoms with Crippen LogP contribution in [0.15, 0.2) is 48.7 Å². The molecule has 1 heterocycles. The molecular weight excluding hydrogens is 279 g/mol. The fourth-order valence-corrected chi connectivity index (χ4v) is 2.36. The third kappa shape index (κ3) is 2.65. The second kappa shape index (κ2) is 5.52. The number of nitrogens with zero attached hydrogens (tertiary/aromatic N) is 2. The molecule has 0 unspecified atom stereocenters. The summed E-state index contributed by atoms with van der Waals surface area (Å²) in [6.45, 7) is 0. The number of anilines is 4. The lowest BCUT2D eigenvalue weighted by atomic mass is 10.1. The Labute approximate surface area is 128 Å². The fraction of sp³-hybridized carbons (Fsp3) is 0.118. The van der Waals surface area contributed by atoms with Crippen LogP contribution in [0.25, 0.3) is 10.8 Å². The van der Waals surface area contributed by atoms with E-state index in [1.54, 1.807) is 12.3 Å². The molecule has 2 aromatic carbocycles. The van der Waals surface area contributed by atoms with Crippen LogP contribution in [0.5, 0.6) is 0 Å². The van der Waals surface area contributed by atoms with Gasteiger partial charge in [0.25, 0.3) is 0 Å². The Balaban J connectivity index is 2.00. The summed E-state index contributed by atoms with van der Waals surface area (Å²) in [5.74, 6) is 0.213. The van der Waals surface area contributed by atoms with Gasteiger partial charge in [0.1, 0.15) is 11.6 Å². The Bertz CT molecular complexity index is 813. The van der Waals surface area contributed by atoms with E-state index in [-0.39, 0.29) is 5.82 Å². The van der Waals surface area contributed by atoms with Gasteiger partial charge in [0.2, 0.25) is 0 Å². The quantitative estimate of drug-likeness (QED) is 0.722. The minimum absolute atomic E-state index is 0.371. The Morgan fingerprint density at radius 2 is 1.77 bits per heavy atom. The molecule has 5 heteroatoms. The molecule has 3 rings (SSSR count). The van der Waals surface area contributed by atoms with Gasteiger partial charge in [-0.1, -0.05) is 0 Å². The highest BCUT2D eigenvalue weighted by Crippen LogP contribution is 2.29. The lowest BCUT2D eigenvalue weighted by Gasteiger charge is -2.14. The topological polar surface area (TPSA) is 54.2 Å². The lowest BCUT2D eigenvalue weighted by Crippen LogP contribution is -2.08.